The van der Waals surface area contributed by atoms with Crippen molar-refractivity contribution in [3.63, 3.8) is 0 Å². The van der Waals surface area contributed by atoms with Gasteiger partial charge in [0.25, 0.3) is 0 Å². The molecule has 0 saturated heterocycles. The molecule has 0 aliphatic rings. The molecule has 160 valence electrons. The van der Waals surface area contributed by atoms with E-state index in [4.69, 9.17) is 4.74 Å². The Hall–Kier alpha value is -2.64. The highest BCUT2D eigenvalue weighted by Gasteiger charge is 2.17. The minimum Gasteiger partial charge on any atom is -0.494 e. The molecule has 0 radical (unpaired) electrons. The summed E-state index contributed by atoms with van der Waals surface area (Å²) in [6.45, 7) is 7.22. The van der Waals surface area contributed by atoms with E-state index < -0.39 is 10.0 Å². The number of hydrogen-bond acceptors (Lipinski definition) is 4. The largest absolute Gasteiger partial charge is 0.494 e. The molecule has 30 heavy (non-hydrogen) atoms. The van der Waals surface area contributed by atoms with Crippen molar-refractivity contribution in [2.24, 2.45) is 0 Å². The highest BCUT2D eigenvalue weighted by molar-refractivity contribution is 7.89. The van der Waals surface area contributed by atoms with Gasteiger partial charge >= 0.3 is 0 Å². The van der Waals surface area contributed by atoms with Gasteiger partial charge in [-0.2, -0.15) is 0 Å². The normalized spacial score (nSPS) is 12.1. The van der Waals surface area contributed by atoms with Crippen LogP contribution in [0.25, 0.3) is 5.69 Å². The first-order chi connectivity index (χ1) is 14.3. The predicted octanol–water partition coefficient (Wildman–Crippen LogP) is 4.31. The molecule has 7 heteroatoms. The molecule has 6 nitrogen and oxygen atoms in total. The van der Waals surface area contributed by atoms with Crippen LogP contribution in [0.4, 0.5) is 0 Å². The fourth-order valence-electron chi connectivity index (χ4n) is 2.97. The lowest BCUT2D eigenvalue weighted by atomic mass is 9.87. The lowest BCUT2D eigenvalue weighted by Crippen LogP contribution is -2.25. The van der Waals surface area contributed by atoms with Crippen LogP contribution in [0.1, 0.15) is 39.2 Å². The average molecular weight is 428 g/mol. The first-order valence-corrected chi connectivity index (χ1v) is 11.6. The van der Waals surface area contributed by atoms with Crippen molar-refractivity contribution in [1.82, 2.24) is 14.3 Å². The van der Waals surface area contributed by atoms with Crippen molar-refractivity contribution in [2.45, 2.75) is 43.9 Å². The summed E-state index contributed by atoms with van der Waals surface area (Å²) in [5, 5.41) is 0. The van der Waals surface area contributed by atoms with Gasteiger partial charge in [-0.1, -0.05) is 32.9 Å². The number of benzene rings is 2. The van der Waals surface area contributed by atoms with Crippen LogP contribution < -0.4 is 9.46 Å². The molecule has 0 spiro atoms. The van der Waals surface area contributed by atoms with Crippen molar-refractivity contribution >= 4 is 10.0 Å². The number of unbranched alkanes of at least 4 members (excludes halogenated alkanes) is 1. The Labute approximate surface area is 179 Å². The van der Waals surface area contributed by atoms with E-state index in [1.807, 2.05) is 47.2 Å². The van der Waals surface area contributed by atoms with Crippen LogP contribution in [0.3, 0.4) is 0 Å². The zero-order chi connectivity index (χ0) is 21.6. The van der Waals surface area contributed by atoms with Crippen LogP contribution >= 0.6 is 0 Å². The van der Waals surface area contributed by atoms with Crippen molar-refractivity contribution in [1.29, 1.82) is 0 Å². The topological polar surface area (TPSA) is 73.2 Å². The molecule has 1 N–H and O–H groups in total. The van der Waals surface area contributed by atoms with Gasteiger partial charge in [-0.25, -0.2) is 18.1 Å². The number of hydrogen-bond donors (Lipinski definition) is 1. The fourth-order valence-corrected chi connectivity index (χ4v) is 4.04. The van der Waals surface area contributed by atoms with Crippen molar-refractivity contribution in [2.75, 3.05) is 13.2 Å². The van der Waals surface area contributed by atoms with Gasteiger partial charge < -0.3 is 9.30 Å². The first-order valence-electron chi connectivity index (χ1n) is 10.1. The van der Waals surface area contributed by atoms with Crippen LogP contribution in [0.15, 0.2) is 72.1 Å². The fraction of sp³-hybridized carbons (Fsp3) is 0.348. The lowest BCUT2D eigenvalue weighted by molar-refractivity contribution is 0.307. The van der Waals surface area contributed by atoms with Gasteiger partial charge in [0, 0.05) is 24.6 Å². The molecule has 0 aliphatic carbocycles. The molecule has 0 unspecified atom stereocenters. The summed E-state index contributed by atoms with van der Waals surface area (Å²) >= 11 is 0. The lowest BCUT2D eigenvalue weighted by Gasteiger charge is -2.19. The Morgan fingerprint density at radius 2 is 1.70 bits per heavy atom. The van der Waals surface area contributed by atoms with E-state index in [-0.39, 0.29) is 5.41 Å². The van der Waals surface area contributed by atoms with Gasteiger partial charge in [0.05, 0.1) is 17.8 Å². The minimum absolute atomic E-state index is 0.00444. The highest BCUT2D eigenvalue weighted by atomic mass is 32.2. The van der Waals surface area contributed by atoms with Gasteiger partial charge in [0.15, 0.2) is 0 Å². The summed E-state index contributed by atoms with van der Waals surface area (Å²) in [5.41, 5.74) is 2.12. The van der Waals surface area contributed by atoms with Gasteiger partial charge in [-0.05, 0) is 60.2 Å². The number of ether oxygens (including phenoxy) is 1. The monoisotopic (exact) mass is 427 g/mol. The van der Waals surface area contributed by atoms with Gasteiger partial charge in [0.1, 0.15) is 5.75 Å². The van der Waals surface area contributed by atoms with E-state index in [0.717, 1.165) is 23.4 Å². The molecule has 2 aromatic carbocycles. The van der Waals surface area contributed by atoms with Crippen molar-refractivity contribution in [3.8, 4) is 11.4 Å². The van der Waals surface area contributed by atoms with Gasteiger partial charge in [-0.15, -0.1) is 0 Å². The van der Waals surface area contributed by atoms with E-state index in [2.05, 4.69) is 30.5 Å². The number of rotatable bonds is 9. The van der Waals surface area contributed by atoms with Gasteiger partial charge in [0.2, 0.25) is 10.0 Å². The summed E-state index contributed by atoms with van der Waals surface area (Å²) in [7, 11) is -3.49. The summed E-state index contributed by atoms with van der Waals surface area (Å²) in [4.78, 5) is 4.33. The Morgan fingerprint density at radius 1 is 1.00 bits per heavy atom. The maximum atomic E-state index is 12.4. The zero-order valence-corrected chi connectivity index (χ0v) is 18.5. The Bertz CT molecular complexity index is 1020. The average Bonchev–Trinajstić information content (AvgIpc) is 3.25. The molecular formula is C23H29N3O3S. The third-order valence-corrected chi connectivity index (χ3v) is 6.28. The minimum atomic E-state index is -3.49. The van der Waals surface area contributed by atoms with E-state index in [1.165, 1.54) is 0 Å². The SMILES string of the molecule is CC(C)(C)c1ccc(S(=O)(=O)NCCCCOc2ccc(-n3ccnc3)cc2)cc1. The zero-order valence-electron chi connectivity index (χ0n) is 17.7. The highest BCUT2D eigenvalue weighted by Crippen LogP contribution is 2.23. The quantitative estimate of drug-likeness (QED) is 0.517. The van der Waals surface area contributed by atoms with Crippen molar-refractivity contribution < 1.29 is 13.2 Å². The molecule has 3 aromatic rings. The second-order valence-electron chi connectivity index (χ2n) is 8.19. The number of imidazole rings is 1. The maximum Gasteiger partial charge on any atom is 0.240 e. The Morgan fingerprint density at radius 3 is 2.30 bits per heavy atom. The molecule has 0 fully saturated rings. The van der Waals surface area contributed by atoms with Gasteiger partial charge in [-0.3, -0.25) is 0 Å². The predicted molar refractivity (Wildman–Crippen MR) is 119 cm³/mol. The van der Waals surface area contributed by atoms with Crippen LogP contribution in [-0.4, -0.2) is 31.1 Å². The number of sulfonamides is 1. The molecule has 0 saturated carbocycles. The smallest absolute Gasteiger partial charge is 0.240 e. The van der Waals surface area contributed by atoms with E-state index >= 15 is 0 Å². The Balaban J connectivity index is 1.39. The summed E-state index contributed by atoms with van der Waals surface area (Å²) in [5.74, 6) is 0.790. The van der Waals surface area contributed by atoms with E-state index in [9.17, 15) is 8.42 Å². The number of nitrogens with zero attached hydrogens (tertiary/aromatic N) is 2. The molecule has 0 amide bonds. The molecule has 3 rings (SSSR count). The molecule has 1 aromatic heterocycles. The van der Waals surface area contributed by atoms with E-state index in [0.29, 0.717) is 24.5 Å². The van der Waals surface area contributed by atoms with Crippen LogP contribution in [0.5, 0.6) is 5.75 Å². The first kappa shape index (κ1) is 22.1. The molecule has 0 atom stereocenters. The van der Waals surface area contributed by atoms with Crippen LogP contribution in [-0.2, 0) is 15.4 Å². The van der Waals surface area contributed by atoms with E-state index in [1.54, 1.807) is 24.7 Å². The number of aromatic nitrogens is 2. The molecule has 0 aliphatic heterocycles. The second-order valence-corrected chi connectivity index (χ2v) is 9.96. The number of nitrogens with one attached hydrogen (secondary N) is 1. The second kappa shape index (κ2) is 9.45. The summed E-state index contributed by atoms with van der Waals surface area (Å²) < 4.78 is 35.2. The third-order valence-electron chi connectivity index (χ3n) is 4.80. The standard InChI is InChI=1S/C23H29N3O3S/c1-23(2,3)19-6-12-22(13-7-19)30(27,28)25-14-4-5-17-29-21-10-8-20(9-11-21)26-16-15-24-18-26/h6-13,15-16,18,25H,4-5,14,17H2,1-3H3. The molecule has 0 bridgehead atoms. The molecule has 1 heterocycles. The summed E-state index contributed by atoms with van der Waals surface area (Å²) in [6, 6.07) is 14.9. The maximum absolute atomic E-state index is 12.4. The Kier molecular flexibility index (Phi) is 6.95. The van der Waals surface area contributed by atoms with Crippen LogP contribution in [0.2, 0.25) is 0 Å². The van der Waals surface area contributed by atoms with Crippen molar-refractivity contribution in [3.05, 3.63) is 72.8 Å². The third kappa shape index (κ3) is 5.93. The summed E-state index contributed by atoms with van der Waals surface area (Å²) in [6.07, 6.45) is 6.83. The van der Waals surface area contributed by atoms with Crippen LogP contribution in [0, 0.1) is 0 Å². The molecular weight excluding hydrogens is 398 g/mol.